The van der Waals surface area contributed by atoms with Gasteiger partial charge >= 0.3 is 7.12 Å². The first-order valence-electron chi connectivity index (χ1n) is 5.66. The second-order valence-corrected chi connectivity index (χ2v) is 5.16. The summed E-state index contributed by atoms with van der Waals surface area (Å²) in [7, 11) is -0.465. The molecule has 0 bridgehead atoms. The highest BCUT2D eigenvalue weighted by molar-refractivity contribution is 6.61. The summed E-state index contributed by atoms with van der Waals surface area (Å²) in [4.78, 5) is 8.48. The van der Waals surface area contributed by atoms with Crippen molar-refractivity contribution < 1.29 is 9.31 Å². The molecule has 4 nitrogen and oxygen atoms in total. The third-order valence-corrected chi connectivity index (χ3v) is 3.38. The maximum Gasteiger partial charge on any atom is 0.516 e. The van der Waals surface area contributed by atoms with Crippen LogP contribution in [-0.4, -0.2) is 28.3 Å². The minimum absolute atomic E-state index is 0.358. The lowest BCUT2D eigenvalue weighted by atomic mass is 9.85. The van der Waals surface area contributed by atoms with Crippen LogP contribution in [-0.2, 0) is 9.31 Å². The van der Waals surface area contributed by atoms with Crippen LogP contribution in [0.25, 0.3) is 6.08 Å². The van der Waals surface area contributed by atoms with E-state index >= 15 is 0 Å². The minimum Gasteiger partial charge on any atom is -0.398 e. The van der Waals surface area contributed by atoms with Crippen LogP contribution < -0.4 is 5.59 Å². The van der Waals surface area contributed by atoms with Crippen molar-refractivity contribution >= 4 is 18.8 Å². The van der Waals surface area contributed by atoms with Gasteiger partial charge in [-0.3, -0.25) is 9.97 Å². The molecule has 0 radical (unpaired) electrons. The van der Waals surface area contributed by atoms with Gasteiger partial charge in [-0.25, -0.2) is 0 Å². The van der Waals surface area contributed by atoms with Crippen LogP contribution in [0.3, 0.4) is 0 Å². The van der Waals surface area contributed by atoms with Crippen LogP contribution >= 0.6 is 0 Å². The normalized spacial score (nSPS) is 21.5. The maximum atomic E-state index is 5.89. The first-order valence-corrected chi connectivity index (χ1v) is 5.66. The Morgan fingerprint density at radius 2 is 1.76 bits per heavy atom. The lowest BCUT2D eigenvalue weighted by Crippen LogP contribution is -2.41. The second-order valence-electron chi connectivity index (χ2n) is 5.16. The second kappa shape index (κ2) is 3.93. The fourth-order valence-corrected chi connectivity index (χ4v) is 1.57. The predicted octanol–water partition coefficient (Wildman–Crippen LogP) is 1.42. The van der Waals surface area contributed by atoms with Crippen LogP contribution in [0.15, 0.2) is 19.0 Å². The van der Waals surface area contributed by atoms with E-state index in [1.807, 2.05) is 27.7 Å². The van der Waals surface area contributed by atoms with Gasteiger partial charge in [-0.2, -0.15) is 0 Å². The lowest BCUT2D eigenvalue weighted by molar-refractivity contribution is 0.00578. The highest BCUT2D eigenvalue weighted by Crippen LogP contribution is 2.36. The van der Waals surface area contributed by atoms with E-state index < -0.39 is 7.12 Å². The van der Waals surface area contributed by atoms with E-state index in [1.165, 1.54) is 0 Å². The van der Waals surface area contributed by atoms with Gasteiger partial charge in [0.05, 0.1) is 28.7 Å². The highest BCUT2D eigenvalue weighted by Gasteiger charge is 2.52. The molecule has 5 heteroatoms. The molecular weight excluding hydrogens is 215 g/mol. The largest absolute Gasteiger partial charge is 0.516 e. The fourth-order valence-electron chi connectivity index (χ4n) is 1.57. The van der Waals surface area contributed by atoms with Gasteiger partial charge in [0.2, 0.25) is 0 Å². The van der Waals surface area contributed by atoms with Crippen LogP contribution in [0, 0.1) is 0 Å². The van der Waals surface area contributed by atoms with Crippen molar-refractivity contribution in [1.29, 1.82) is 0 Å². The molecule has 1 saturated heterocycles. The summed E-state index contributed by atoms with van der Waals surface area (Å²) in [6.07, 6.45) is 4.97. The third kappa shape index (κ3) is 2.12. The van der Waals surface area contributed by atoms with Crippen LogP contribution in [0.5, 0.6) is 0 Å². The number of rotatable bonds is 2. The van der Waals surface area contributed by atoms with Gasteiger partial charge in [-0.05, 0) is 33.8 Å². The number of hydrogen-bond acceptors (Lipinski definition) is 4. The zero-order valence-electron chi connectivity index (χ0n) is 10.7. The van der Waals surface area contributed by atoms with Crippen molar-refractivity contribution in [3.63, 3.8) is 0 Å². The molecule has 90 valence electrons. The van der Waals surface area contributed by atoms with Crippen molar-refractivity contribution in [3.05, 3.63) is 24.7 Å². The summed E-state index contributed by atoms with van der Waals surface area (Å²) in [5, 5.41) is 0. The number of aromatic nitrogens is 2. The molecule has 1 aromatic heterocycles. The molecule has 2 rings (SSSR count). The summed E-state index contributed by atoms with van der Waals surface area (Å²) in [6.45, 7) is 11.7. The third-order valence-electron chi connectivity index (χ3n) is 3.38. The molecule has 1 aromatic rings. The summed E-state index contributed by atoms with van der Waals surface area (Å²) in [5.74, 6) is 0. The molecule has 17 heavy (non-hydrogen) atoms. The Morgan fingerprint density at radius 1 is 1.18 bits per heavy atom. The highest BCUT2D eigenvalue weighted by atomic mass is 16.7. The first-order chi connectivity index (χ1) is 7.86. The van der Waals surface area contributed by atoms with E-state index in [4.69, 9.17) is 9.31 Å². The molecule has 0 aromatic carbocycles. The average molecular weight is 232 g/mol. The van der Waals surface area contributed by atoms with Gasteiger partial charge in [-0.1, -0.05) is 6.58 Å². The van der Waals surface area contributed by atoms with E-state index in [0.29, 0.717) is 5.59 Å². The fraction of sp³-hybridized carbons (Fsp3) is 0.500. The molecule has 0 amide bonds. The van der Waals surface area contributed by atoms with Gasteiger partial charge in [-0.15, -0.1) is 0 Å². The Hall–Kier alpha value is -1.20. The Labute approximate surface area is 102 Å². The van der Waals surface area contributed by atoms with Crippen molar-refractivity contribution in [2.45, 2.75) is 38.9 Å². The number of hydrogen-bond donors (Lipinski definition) is 0. The van der Waals surface area contributed by atoms with Crippen LogP contribution in [0.4, 0.5) is 0 Å². The molecule has 0 spiro atoms. The molecule has 0 aliphatic carbocycles. The summed E-state index contributed by atoms with van der Waals surface area (Å²) < 4.78 is 11.8. The first kappa shape index (κ1) is 12.3. The van der Waals surface area contributed by atoms with E-state index in [1.54, 1.807) is 18.5 Å². The van der Waals surface area contributed by atoms with Gasteiger partial charge in [0.1, 0.15) is 0 Å². The minimum atomic E-state index is -0.465. The van der Waals surface area contributed by atoms with E-state index in [2.05, 4.69) is 16.5 Å². The van der Waals surface area contributed by atoms with E-state index in [0.717, 1.165) is 5.69 Å². The Bertz CT molecular complexity index is 430. The van der Waals surface area contributed by atoms with Crippen molar-refractivity contribution in [2.75, 3.05) is 0 Å². The molecular formula is C12H17BN2O2. The molecule has 0 unspecified atom stereocenters. The molecule has 0 N–H and O–H groups in total. The van der Waals surface area contributed by atoms with Crippen molar-refractivity contribution in [2.24, 2.45) is 0 Å². The van der Waals surface area contributed by atoms with E-state index in [-0.39, 0.29) is 11.2 Å². The molecule has 2 heterocycles. The van der Waals surface area contributed by atoms with Gasteiger partial charge in [0.25, 0.3) is 0 Å². The quantitative estimate of drug-likeness (QED) is 0.723. The van der Waals surface area contributed by atoms with Crippen LogP contribution in [0.2, 0.25) is 0 Å². The van der Waals surface area contributed by atoms with Gasteiger partial charge in [0.15, 0.2) is 0 Å². The summed E-state index contributed by atoms with van der Waals surface area (Å²) in [6, 6.07) is 0. The average Bonchev–Trinajstić information content (AvgIpc) is 2.48. The van der Waals surface area contributed by atoms with Crippen molar-refractivity contribution in [3.8, 4) is 0 Å². The molecule has 1 aliphatic rings. The lowest BCUT2D eigenvalue weighted by Gasteiger charge is -2.32. The summed E-state index contributed by atoms with van der Waals surface area (Å²) in [5.41, 5.74) is 0.686. The smallest absolute Gasteiger partial charge is 0.398 e. The molecule has 0 saturated carbocycles. The van der Waals surface area contributed by atoms with Gasteiger partial charge < -0.3 is 9.31 Å². The topological polar surface area (TPSA) is 44.2 Å². The van der Waals surface area contributed by atoms with Crippen LogP contribution in [0.1, 0.15) is 33.4 Å². The van der Waals surface area contributed by atoms with E-state index in [9.17, 15) is 0 Å². The Balaban J connectivity index is 2.28. The monoisotopic (exact) mass is 232 g/mol. The SMILES string of the molecule is C=Cc1cncc(B2OC(C)(C)C(C)(C)O2)n1. The zero-order valence-corrected chi connectivity index (χ0v) is 10.7. The molecule has 1 fully saturated rings. The molecule has 0 atom stereocenters. The summed E-state index contributed by atoms with van der Waals surface area (Å²) >= 11 is 0. The van der Waals surface area contributed by atoms with Crippen molar-refractivity contribution in [1.82, 2.24) is 9.97 Å². The molecule has 1 aliphatic heterocycles. The maximum absolute atomic E-state index is 5.89. The predicted molar refractivity (Wildman–Crippen MR) is 67.8 cm³/mol. The Morgan fingerprint density at radius 3 is 2.29 bits per heavy atom. The standard InChI is InChI=1S/C12H17BN2O2/c1-6-9-7-14-8-10(15-9)13-16-11(2,3)12(4,5)17-13/h6-8H,1H2,2-5H3. The Kier molecular flexibility index (Phi) is 2.83. The zero-order chi connectivity index (χ0) is 12.7. The number of nitrogens with zero attached hydrogens (tertiary/aromatic N) is 2. The van der Waals surface area contributed by atoms with Gasteiger partial charge in [0, 0.05) is 6.20 Å².